The van der Waals surface area contributed by atoms with Crippen LogP contribution in [0.4, 0.5) is 23.1 Å². The van der Waals surface area contributed by atoms with E-state index in [0.717, 1.165) is 16.9 Å². The van der Waals surface area contributed by atoms with Crippen molar-refractivity contribution in [2.75, 3.05) is 10.6 Å². The lowest BCUT2D eigenvalue weighted by Gasteiger charge is -2.10. The van der Waals surface area contributed by atoms with Crippen molar-refractivity contribution in [1.82, 2.24) is 15.2 Å². The van der Waals surface area contributed by atoms with Crippen molar-refractivity contribution in [3.63, 3.8) is 0 Å². The van der Waals surface area contributed by atoms with Gasteiger partial charge >= 0.3 is 0 Å². The summed E-state index contributed by atoms with van der Waals surface area (Å²) in [6, 6.07) is 12.7. The van der Waals surface area contributed by atoms with Crippen LogP contribution in [0.3, 0.4) is 0 Å². The molecule has 0 saturated carbocycles. The van der Waals surface area contributed by atoms with Crippen LogP contribution in [0.2, 0.25) is 5.02 Å². The van der Waals surface area contributed by atoms with E-state index < -0.39 is 0 Å². The van der Waals surface area contributed by atoms with Gasteiger partial charge in [0.1, 0.15) is 0 Å². The Morgan fingerprint density at radius 1 is 1.08 bits per heavy atom. The average molecular weight is 354 g/mol. The predicted octanol–water partition coefficient (Wildman–Crippen LogP) is 4.52. The number of aryl methyl sites for hydroxylation is 1. The summed E-state index contributed by atoms with van der Waals surface area (Å²) in [5.41, 5.74) is 3.30. The van der Waals surface area contributed by atoms with Crippen LogP contribution in [-0.4, -0.2) is 21.0 Å². The fraction of sp³-hybridized carbons (Fsp3) is 0.111. The summed E-state index contributed by atoms with van der Waals surface area (Å²) >= 11 is 5.96. The molecule has 0 amide bonds. The molecule has 1 aromatic heterocycles. The van der Waals surface area contributed by atoms with Gasteiger partial charge in [0.25, 0.3) is 0 Å². The normalized spacial score (nSPS) is 10.4. The van der Waals surface area contributed by atoms with Gasteiger partial charge in [-0.25, -0.2) is 0 Å². The van der Waals surface area contributed by atoms with Crippen LogP contribution in [0.1, 0.15) is 22.8 Å². The highest BCUT2D eigenvalue weighted by Gasteiger charge is 2.05. The smallest absolute Gasteiger partial charge is 0.249 e. The average Bonchev–Trinajstić information content (AvgIpc) is 2.58. The van der Waals surface area contributed by atoms with Gasteiger partial charge in [-0.2, -0.15) is 10.1 Å². The molecule has 1 heterocycles. The monoisotopic (exact) mass is 353 g/mol. The van der Waals surface area contributed by atoms with Crippen molar-refractivity contribution in [2.45, 2.75) is 13.8 Å². The van der Waals surface area contributed by atoms with Gasteiger partial charge in [-0.05, 0) is 61.9 Å². The molecule has 0 atom stereocenters. The molecule has 0 aliphatic carbocycles. The highest BCUT2D eigenvalue weighted by atomic mass is 35.5. The van der Waals surface area contributed by atoms with Crippen molar-refractivity contribution >= 4 is 40.5 Å². The number of benzene rings is 2. The second kappa shape index (κ2) is 7.27. The minimum absolute atomic E-state index is 0.0278. The van der Waals surface area contributed by atoms with Crippen LogP contribution in [-0.2, 0) is 0 Å². The first kappa shape index (κ1) is 16.9. The number of halogens is 1. The molecule has 0 aliphatic heterocycles. The van der Waals surface area contributed by atoms with Gasteiger partial charge in [0.2, 0.25) is 5.95 Å². The van der Waals surface area contributed by atoms with E-state index in [4.69, 9.17) is 11.6 Å². The highest BCUT2D eigenvalue weighted by molar-refractivity contribution is 6.30. The first-order chi connectivity index (χ1) is 12.0. The standard InChI is InChI=1S/C18H16ClN5O/c1-11-9-14(19)5-8-16(11)22-18-23-17(10-20-24-18)21-15-6-3-13(4-7-15)12(2)25/h3-10H,1-2H3,(H2,21,22,23,24). The maximum Gasteiger partial charge on any atom is 0.249 e. The predicted molar refractivity (Wildman–Crippen MR) is 99.0 cm³/mol. The Balaban J connectivity index is 1.76. The number of nitrogens with one attached hydrogen (secondary N) is 2. The number of anilines is 4. The molecule has 0 unspecified atom stereocenters. The molecule has 6 nitrogen and oxygen atoms in total. The number of aromatic nitrogens is 3. The van der Waals surface area contributed by atoms with E-state index in [9.17, 15) is 4.79 Å². The molecule has 3 aromatic rings. The number of carbonyl (C=O) groups is 1. The summed E-state index contributed by atoms with van der Waals surface area (Å²) in [7, 11) is 0. The molecular formula is C18H16ClN5O. The Morgan fingerprint density at radius 3 is 2.52 bits per heavy atom. The Morgan fingerprint density at radius 2 is 1.84 bits per heavy atom. The molecule has 126 valence electrons. The third-order valence-corrected chi connectivity index (χ3v) is 3.79. The number of nitrogens with zero attached hydrogens (tertiary/aromatic N) is 3. The van der Waals surface area contributed by atoms with Crippen LogP contribution < -0.4 is 10.6 Å². The molecule has 0 saturated heterocycles. The van der Waals surface area contributed by atoms with Gasteiger partial charge < -0.3 is 10.6 Å². The summed E-state index contributed by atoms with van der Waals surface area (Å²) < 4.78 is 0. The van der Waals surface area contributed by atoms with E-state index in [1.165, 1.54) is 13.1 Å². The fourth-order valence-electron chi connectivity index (χ4n) is 2.24. The number of rotatable bonds is 5. The molecule has 7 heteroatoms. The zero-order chi connectivity index (χ0) is 17.8. The Labute approximate surface area is 150 Å². The zero-order valence-corrected chi connectivity index (χ0v) is 14.5. The molecule has 2 N–H and O–H groups in total. The van der Waals surface area contributed by atoms with Crippen molar-refractivity contribution in [1.29, 1.82) is 0 Å². The number of Topliss-reactive ketones (excluding diaryl/α,β-unsaturated/α-hetero) is 1. The van der Waals surface area contributed by atoms with Gasteiger partial charge in [-0.3, -0.25) is 4.79 Å². The Hall–Kier alpha value is -2.99. The molecule has 0 radical (unpaired) electrons. The second-order valence-electron chi connectivity index (χ2n) is 5.51. The highest BCUT2D eigenvalue weighted by Crippen LogP contribution is 2.22. The van der Waals surface area contributed by atoms with Gasteiger partial charge in [0, 0.05) is 22.0 Å². The summed E-state index contributed by atoms with van der Waals surface area (Å²) in [4.78, 5) is 15.7. The summed E-state index contributed by atoms with van der Waals surface area (Å²) in [6.45, 7) is 3.48. The van der Waals surface area contributed by atoms with Crippen LogP contribution in [0.25, 0.3) is 0 Å². The molecule has 2 aromatic carbocycles. The third kappa shape index (κ3) is 4.30. The van der Waals surface area contributed by atoms with Crippen LogP contribution in [0, 0.1) is 6.92 Å². The lowest BCUT2D eigenvalue weighted by atomic mass is 10.1. The van der Waals surface area contributed by atoms with Crippen molar-refractivity contribution in [2.24, 2.45) is 0 Å². The fourth-order valence-corrected chi connectivity index (χ4v) is 2.47. The molecule has 0 spiro atoms. The maximum absolute atomic E-state index is 11.3. The molecule has 0 bridgehead atoms. The van der Waals surface area contributed by atoms with Crippen molar-refractivity contribution in [3.05, 3.63) is 64.8 Å². The largest absolute Gasteiger partial charge is 0.339 e. The topological polar surface area (TPSA) is 79.8 Å². The van der Waals surface area contributed by atoms with Gasteiger partial charge in [0.15, 0.2) is 11.6 Å². The number of carbonyl (C=O) groups excluding carboxylic acids is 1. The van der Waals surface area contributed by atoms with E-state index in [2.05, 4.69) is 25.8 Å². The Bertz CT molecular complexity index is 912. The summed E-state index contributed by atoms with van der Waals surface area (Å²) in [5, 5.41) is 14.9. The molecule has 0 aliphatic rings. The van der Waals surface area contributed by atoms with Gasteiger partial charge in [0.05, 0.1) is 6.20 Å². The van der Waals surface area contributed by atoms with E-state index in [0.29, 0.717) is 22.4 Å². The minimum atomic E-state index is 0.0278. The maximum atomic E-state index is 11.3. The van der Waals surface area contributed by atoms with E-state index in [1.54, 1.807) is 18.2 Å². The number of hydrogen-bond donors (Lipinski definition) is 2. The Kier molecular flexibility index (Phi) is 4.90. The van der Waals surface area contributed by atoms with Gasteiger partial charge in [-0.1, -0.05) is 11.6 Å². The van der Waals surface area contributed by atoms with E-state index in [1.807, 2.05) is 31.2 Å². The first-order valence-electron chi connectivity index (χ1n) is 7.62. The summed E-state index contributed by atoms with van der Waals surface area (Å²) in [6.07, 6.45) is 1.53. The second-order valence-corrected chi connectivity index (χ2v) is 5.94. The van der Waals surface area contributed by atoms with Crippen LogP contribution >= 0.6 is 11.6 Å². The van der Waals surface area contributed by atoms with E-state index >= 15 is 0 Å². The number of hydrogen-bond acceptors (Lipinski definition) is 6. The van der Waals surface area contributed by atoms with Gasteiger partial charge in [-0.15, -0.1) is 5.10 Å². The molecule has 25 heavy (non-hydrogen) atoms. The zero-order valence-electron chi connectivity index (χ0n) is 13.7. The first-order valence-corrected chi connectivity index (χ1v) is 8.00. The van der Waals surface area contributed by atoms with Crippen LogP contribution in [0.15, 0.2) is 48.7 Å². The molecular weight excluding hydrogens is 338 g/mol. The van der Waals surface area contributed by atoms with Crippen LogP contribution in [0.5, 0.6) is 0 Å². The minimum Gasteiger partial charge on any atom is -0.339 e. The summed E-state index contributed by atoms with van der Waals surface area (Å²) in [5.74, 6) is 0.940. The molecule has 3 rings (SSSR count). The molecule has 0 fully saturated rings. The third-order valence-electron chi connectivity index (χ3n) is 3.56. The van der Waals surface area contributed by atoms with E-state index in [-0.39, 0.29) is 5.78 Å². The SMILES string of the molecule is CC(=O)c1ccc(Nc2cnnc(Nc3ccc(Cl)cc3C)n2)cc1. The lowest BCUT2D eigenvalue weighted by molar-refractivity contribution is 0.101. The quantitative estimate of drug-likeness (QED) is 0.656. The number of ketones is 1. The lowest BCUT2D eigenvalue weighted by Crippen LogP contribution is -2.03. The van der Waals surface area contributed by atoms with Crippen molar-refractivity contribution < 1.29 is 4.79 Å². The van der Waals surface area contributed by atoms with Crippen molar-refractivity contribution in [3.8, 4) is 0 Å².